The Morgan fingerprint density at radius 2 is 1.92 bits per heavy atom. The molecule has 0 saturated heterocycles. The zero-order valence-electron chi connectivity index (χ0n) is 13.0. The van der Waals surface area contributed by atoms with Gasteiger partial charge >= 0.3 is 6.18 Å². The number of halogens is 3. The molecule has 0 fully saturated rings. The highest BCUT2D eigenvalue weighted by atomic mass is 19.4. The first-order chi connectivity index (χ1) is 11.5. The molecule has 1 aliphatic rings. The number of nitrogens with zero attached hydrogens (tertiary/aromatic N) is 2. The van der Waals surface area contributed by atoms with Gasteiger partial charge in [-0.2, -0.15) is 13.2 Å². The van der Waals surface area contributed by atoms with Gasteiger partial charge in [0.1, 0.15) is 0 Å². The number of amides is 1. The van der Waals surface area contributed by atoms with Gasteiger partial charge in [-0.1, -0.05) is 30.3 Å². The fraction of sp³-hybridized carbons (Fsp3) is 0.333. The standard InChI is InChI=1S/C18H17F3N2O/c19-18(20,21)14(13-6-2-1-3-7-13)12-17(24)23-11-5-8-15-16(23)9-4-10-22-15/h1-4,6-7,9-10,14H,5,8,11-12H2/t14-/m1/s1. The van der Waals surface area contributed by atoms with Crippen LogP contribution >= 0.6 is 0 Å². The Labute approximate surface area is 138 Å². The summed E-state index contributed by atoms with van der Waals surface area (Å²) in [5.41, 5.74) is 1.50. The van der Waals surface area contributed by atoms with Gasteiger partial charge in [0.25, 0.3) is 0 Å². The van der Waals surface area contributed by atoms with Gasteiger partial charge in [-0.05, 0) is 30.5 Å². The monoisotopic (exact) mass is 334 g/mol. The van der Waals surface area contributed by atoms with Crippen LogP contribution in [-0.4, -0.2) is 23.6 Å². The SMILES string of the molecule is O=C(C[C@H](c1ccccc1)C(F)(F)F)N1CCCc2ncccc21. The minimum absolute atomic E-state index is 0.113. The summed E-state index contributed by atoms with van der Waals surface area (Å²) in [6.07, 6.45) is -1.99. The summed E-state index contributed by atoms with van der Waals surface area (Å²) in [4.78, 5) is 18.2. The molecule has 126 valence electrons. The molecule has 0 radical (unpaired) electrons. The first-order valence-corrected chi connectivity index (χ1v) is 7.83. The molecular weight excluding hydrogens is 317 g/mol. The molecule has 0 spiro atoms. The molecule has 1 atom stereocenters. The van der Waals surface area contributed by atoms with E-state index < -0.39 is 24.4 Å². The van der Waals surface area contributed by atoms with E-state index >= 15 is 0 Å². The number of carbonyl (C=O) groups excluding carboxylic acids is 1. The van der Waals surface area contributed by atoms with Gasteiger partial charge < -0.3 is 4.90 Å². The van der Waals surface area contributed by atoms with Crippen LogP contribution in [-0.2, 0) is 11.2 Å². The molecule has 3 nitrogen and oxygen atoms in total. The molecule has 24 heavy (non-hydrogen) atoms. The summed E-state index contributed by atoms with van der Waals surface area (Å²) in [6, 6.07) is 11.0. The van der Waals surface area contributed by atoms with Crippen LogP contribution in [0.2, 0.25) is 0 Å². The number of hydrogen-bond acceptors (Lipinski definition) is 2. The molecule has 3 rings (SSSR count). The zero-order chi connectivity index (χ0) is 17.2. The van der Waals surface area contributed by atoms with Crippen molar-refractivity contribution in [2.45, 2.75) is 31.4 Å². The Balaban J connectivity index is 1.85. The van der Waals surface area contributed by atoms with Gasteiger partial charge in [0, 0.05) is 19.2 Å². The quantitative estimate of drug-likeness (QED) is 0.847. The van der Waals surface area contributed by atoms with E-state index in [0.717, 1.165) is 12.1 Å². The molecule has 1 aromatic carbocycles. The van der Waals surface area contributed by atoms with E-state index in [-0.39, 0.29) is 5.56 Å². The van der Waals surface area contributed by atoms with Crippen molar-refractivity contribution in [3.63, 3.8) is 0 Å². The molecular formula is C18H17F3N2O. The third-order valence-electron chi connectivity index (χ3n) is 4.23. The number of anilines is 1. The van der Waals surface area contributed by atoms with E-state index in [0.29, 0.717) is 18.7 Å². The van der Waals surface area contributed by atoms with Crippen molar-refractivity contribution in [1.29, 1.82) is 0 Å². The molecule has 6 heteroatoms. The summed E-state index contributed by atoms with van der Waals surface area (Å²) in [5.74, 6) is -2.32. The Morgan fingerprint density at radius 1 is 1.17 bits per heavy atom. The maximum Gasteiger partial charge on any atom is 0.396 e. The molecule has 1 aromatic heterocycles. The van der Waals surface area contributed by atoms with E-state index in [1.807, 2.05) is 0 Å². The van der Waals surface area contributed by atoms with Gasteiger partial charge in [0.05, 0.1) is 17.3 Å². The number of alkyl halides is 3. The summed E-state index contributed by atoms with van der Waals surface area (Å²) in [7, 11) is 0. The van der Waals surface area contributed by atoms with E-state index in [2.05, 4.69) is 4.98 Å². The fourth-order valence-electron chi connectivity index (χ4n) is 3.04. The van der Waals surface area contributed by atoms with Gasteiger partial charge in [-0.15, -0.1) is 0 Å². The Bertz CT molecular complexity index is 716. The lowest BCUT2D eigenvalue weighted by Crippen LogP contribution is -2.38. The van der Waals surface area contributed by atoms with E-state index in [1.54, 1.807) is 36.5 Å². The fourth-order valence-corrected chi connectivity index (χ4v) is 3.04. The smallest absolute Gasteiger partial charge is 0.311 e. The third kappa shape index (κ3) is 3.42. The number of carbonyl (C=O) groups is 1. The summed E-state index contributed by atoms with van der Waals surface area (Å²) < 4.78 is 40.3. The summed E-state index contributed by atoms with van der Waals surface area (Å²) in [5, 5.41) is 0. The predicted molar refractivity (Wildman–Crippen MR) is 84.8 cm³/mol. The van der Waals surface area contributed by atoms with Crippen LogP contribution in [0, 0.1) is 0 Å². The van der Waals surface area contributed by atoms with Gasteiger partial charge in [0.15, 0.2) is 0 Å². The maximum atomic E-state index is 13.4. The van der Waals surface area contributed by atoms with Crippen molar-refractivity contribution < 1.29 is 18.0 Å². The van der Waals surface area contributed by atoms with Crippen molar-refractivity contribution in [1.82, 2.24) is 4.98 Å². The first kappa shape index (κ1) is 16.5. The third-order valence-corrected chi connectivity index (χ3v) is 4.23. The van der Waals surface area contributed by atoms with Gasteiger partial charge in [-0.25, -0.2) is 0 Å². The van der Waals surface area contributed by atoms with E-state index in [4.69, 9.17) is 0 Å². The first-order valence-electron chi connectivity index (χ1n) is 7.83. The molecule has 0 bridgehead atoms. The van der Waals surface area contributed by atoms with Crippen LogP contribution in [0.3, 0.4) is 0 Å². The molecule has 2 heterocycles. The lowest BCUT2D eigenvalue weighted by molar-refractivity contribution is -0.156. The molecule has 1 amide bonds. The second kappa shape index (κ2) is 6.63. The number of hydrogen-bond donors (Lipinski definition) is 0. The van der Waals surface area contributed by atoms with Crippen molar-refractivity contribution >= 4 is 11.6 Å². The average Bonchev–Trinajstić information content (AvgIpc) is 2.58. The van der Waals surface area contributed by atoms with E-state index in [1.165, 1.54) is 17.0 Å². The lowest BCUT2D eigenvalue weighted by Gasteiger charge is -2.30. The van der Waals surface area contributed by atoms with Gasteiger partial charge in [0.2, 0.25) is 5.91 Å². The largest absolute Gasteiger partial charge is 0.396 e. The topological polar surface area (TPSA) is 33.2 Å². The van der Waals surface area contributed by atoms with Crippen LogP contribution in [0.25, 0.3) is 0 Å². The summed E-state index contributed by atoms with van der Waals surface area (Å²) in [6.45, 7) is 0.427. The van der Waals surface area contributed by atoms with Crippen LogP contribution in [0.15, 0.2) is 48.7 Å². The number of benzene rings is 1. The van der Waals surface area contributed by atoms with Crippen LogP contribution < -0.4 is 4.90 Å². The number of aromatic nitrogens is 1. The second-order valence-electron chi connectivity index (χ2n) is 5.83. The van der Waals surface area contributed by atoms with E-state index in [9.17, 15) is 18.0 Å². The molecule has 0 aliphatic carbocycles. The van der Waals surface area contributed by atoms with Crippen molar-refractivity contribution in [3.8, 4) is 0 Å². The maximum absolute atomic E-state index is 13.4. The van der Waals surface area contributed by atoms with Crippen molar-refractivity contribution in [3.05, 3.63) is 59.9 Å². The predicted octanol–water partition coefficient (Wildman–Crippen LogP) is 4.10. The highest BCUT2D eigenvalue weighted by Crippen LogP contribution is 2.38. The Kier molecular flexibility index (Phi) is 4.55. The number of fused-ring (bicyclic) bond motifs is 1. The second-order valence-corrected chi connectivity index (χ2v) is 5.83. The molecule has 0 unspecified atom stereocenters. The highest BCUT2D eigenvalue weighted by Gasteiger charge is 2.42. The minimum atomic E-state index is -4.47. The molecule has 1 aliphatic heterocycles. The number of rotatable bonds is 3. The Morgan fingerprint density at radius 3 is 2.62 bits per heavy atom. The molecule has 0 saturated carbocycles. The highest BCUT2D eigenvalue weighted by molar-refractivity contribution is 5.94. The zero-order valence-corrected chi connectivity index (χ0v) is 13.0. The average molecular weight is 334 g/mol. The summed E-state index contributed by atoms with van der Waals surface area (Å²) >= 11 is 0. The molecule has 0 N–H and O–H groups in total. The lowest BCUT2D eigenvalue weighted by atomic mass is 9.94. The van der Waals surface area contributed by atoms with Gasteiger partial charge in [-0.3, -0.25) is 9.78 Å². The van der Waals surface area contributed by atoms with Crippen molar-refractivity contribution in [2.24, 2.45) is 0 Å². The normalized spacial score (nSPS) is 15.7. The minimum Gasteiger partial charge on any atom is -0.311 e. The number of pyridine rings is 1. The van der Waals surface area contributed by atoms with Crippen LogP contribution in [0.1, 0.15) is 30.0 Å². The molecule has 2 aromatic rings. The van der Waals surface area contributed by atoms with Crippen LogP contribution in [0.4, 0.5) is 18.9 Å². The van der Waals surface area contributed by atoms with Crippen LogP contribution in [0.5, 0.6) is 0 Å². The Hall–Kier alpha value is -2.37. The number of aryl methyl sites for hydroxylation is 1. The van der Waals surface area contributed by atoms with Crippen molar-refractivity contribution in [2.75, 3.05) is 11.4 Å².